The van der Waals surface area contributed by atoms with Crippen molar-refractivity contribution < 1.29 is 4.79 Å². The van der Waals surface area contributed by atoms with Gasteiger partial charge in [0.25, 0.3) is 0 Å². The van der Waals surface area contributed by atoms with E-state index < -0.39 is 5.41 Å². The molecule has 0 radical (unpaired) electrons. The second-order valence-electron chi connectivity index (χ2n) is 6.10. The zero-order chi connectivity index (χ0) is 11.9. The van der Waals surface area contributed by atoms with Crippen molar-refractivity contribution in [2.45, 2.75) is 44.9 Å². The second kappa shape index (κ2) is 4.01. The molecule has 17 heavy (non-hydrogen) atoms. The van der Waals surface area contributed by atoms with Crippen LogP contribution in [0.5, 0.6) is 0 Å². The van der Waals surface area contributed by atoms with Crippen LogP contribution in [-0.2, 0) is 4.79 Å². The summed E-state index contributed by atoms with van der Waals surface area (Å²) in [5.74, 6) is 2.43. The summed E-state index contributed by atoms with van der Waals surface area (Å²) in [5, 5.41) is 12.2. The van der Waals surface area contributed by atoms with Gasteiger partial charge in [0.05, 0.1) is 6.07 Å². The molecule has 0 unspecified atom stereocenters. The molecule has 0 aromatic rings. The van der Waals surface area contributed by atoms with Gasteiger partial charge in [0.1, 0.15) is 5.41 Å². The third-order valence-electron chi connectivity index (χ3n) is 4.81. The van der Waals surface area contributed by atoms with Gasteiger partial charge in [0.15, 0.2) is 0 Å². The molecule has 0 spiro atoms. The minimum Gasteiger partial charge on any atom is -0.354 e. The highest BCUT2D eigenvalue weighted by atomic mass is 16.2. The molecule has 0 aliphatic heterocycles. The fraction of sp³-hybridized carbons (Fsp3) is 0.857. The summed E-state index contributed by atoms with van der Waals surface area (Å²) in [5.41, 5.74) is -0.669. The first kappa shape index (κ1) is 11.1. The molecule has 0 heterocycles. The molecule has 3 fully saturated rings. The lowest BCUT2D eigenvalue weighted by atomic mass is 9.69. The predicted molar refractivity (Wildman–Crippen MR) is 63.8 cm³/mol. The van der Waals surface area contributed by atoms with Crippen molar-refractivity contribution in [3.63, 3.8) is 0 Å². The third kappa shape index (κ3) is 2.06. The maximum atomic E-state index is 12.0. The molecule has 3 aliphatic rings. The van der Waals surface area contributed by atoms with E-state index in [0.717, 1.165) is 37.6 Å². The molecule has 92 valence electrons. The van der Waals surface area contributed by atoms with E-state index in [1.807, 2.05) is 0 Å². The molecule has 0 bridgehead atoms. The highest BCUT2D eigenvalue weighted by molar-refractivity contribution is 5.86. The van der Waals surface area contributed by atoms with Gasteiger partial charge >= 0.3 is 0 Å². The Morgan fingerprint density at radius 2 is 1.88 bits per heavy atom. The zero-order valence-electron chi connectivity index (χ0n) is 10.2. The van der Waals surface area contributed by atoms with Gasteiger partial charge in [-0.3, -0.25) is 4.79 Å². The molecule has 3 heteroatoms. The van der Waals surface area contributed by atoms with Crippen molar-refractivity contribution in [3.8, 4) is 6.07 Å². The van der Waals surface area contributed by atoms with Crippen molar-refractivity contribution in [1.29, 1.82) is 5.26 Å². The molecule has 3 rings (SSSR count). The summed E-state index contributed by atoms with van der Waals surface area (Å²) in [6.45, 7) is 0.817. The summed E-state index contributed by atoms with van der Waals surface area (Å²) in [4.78, 5) is 12.0. The SMILES string of the molecule is N#CC1(C(=O)NCC(C2CC2)C2CC2)CCC1. The standard InChI is InChI=1S/C14H20N2O/c15-9-14(6-1-7-14)13(17)16-8-12(10-2-3-10)11-4-5-11/h10-12H,1-8H2,(H,16,17). The monoisotopic (exact) mass is 232 g/mol. The van der Waals surface area contributed by atoms with Crippen LogP contribution in [-0.4, -0.2) is 12.5 Å². The Kier molecular flexibility index (Phi) is 2.61. The van der Waals surface area contributed by atoms with E-state index in [1.54, 1.807) is 0 Å². The van der Waals surface area contributed by atoms with Gasteiger partial charge in [0.2, 0.25) is 5.91 Å². The van der Waals surface area contributed by atoms with E-state index in [0.29, 0.717) is 5.92 Å². The van der Waals surface area contributed by atoms with Gasteiger partial charge in [-0.1, -0.05) is 0 Å². The fourth-order valence-corrected chi connectivity index (χ4v) is 3.07. The van der Waals surface area contributed by atoms with Crippen molar-refractivity contribution in [1.82, 2.24) is 5.32 Å². The largest absolute Gasteiger partial charge is 0.354 e. The van der Waals surface area contributed by atoms with Crippen LogP contribution in [0, 0.1) is 34.5 Å². The minimum absolute atomic E-state index is 0.00227. The quantitative estimate of drug-likeness (QED) is 0.790. The summed E-state index contributed by atoms with van der Waals surface area (Å²) >= 11 is 0. The maximum Gasteiger partial charge on any atom is 0.240 e. The zero-order valence-corrected chi connectivity index (χ0v) is 10.2. The Hall–Kier alpha value is -1.04. The Balaban J connectivity index is 1.53. The molecule has 0 saturated heterocycles. The minimum atomic E-state index is -0.669. The van der Waals surface area contributed by atoms with E-state index in [4.69, 9.17) is 5.26 Å². The van der Waals surface area contributed by atoms with Crippen LogP contribution in [0.1, 0.15) is 44.9 Å². The van der Waals surface area contributed by atoms with E-state index in [2.05, 4.69) is 11.4 Å². The third-order valence-corrected chi connectivity index (χ3v) is 4.81. The number of nitrogens with one attached hydrogen (secondary N) is 1. The average molecular weight is 232 g/mol. The maximum absolute atomic E-state index is 12.0. The second-order valence-corrected chi connectivity index (χ2v) is 6.10. The van der Waals surface area contributed by atoms with Gasteiger partial charge in [-0.25, -0.2) is 0 Å². The van der Waals surface area contributed by atoms with Crippen LogP contribution in [0.2, 0.25) is 0 Å². The van der Waals surface area contributed by atoms with Crippen molar-refractivity contribution in [2.75, 3.05) is 6.54 Å². The van der Waals surface area contributed by atoms with Crippen LogP contribution in [0.4, 0.5) is 0 Å². The van der Waals surface area contributed by atoms with Gasteiger partial charge < -0.3 is 5.32 Å². The van der Waals surface area contributed by atoms with Gasteiger partial charge in [0, 0.05) is 6.54 Å². The lowest BCUT2D eigenvalue weighted by molar-refractivity contribution is -0.132. The summed E-state index contributed by atoms with van der Waals surface area (Å²) in [6, 6.07) is 2.22. The summed E-state index contributed by atoms with van der Waals surface area (Å²) < 4.78 is 0. The summed E-state index contributed by atoms with van der Waals surface area (Å²) in [6.07, 6.45) is 7.93. The average Bonchev–Trinajstić information content (AvgIpc) is 3.12. The Morgan fingerprint density at radius 3 is 2.24 bits per heavy atom. The van der Waals surface area contributed by atoms with Crippen LogP contribution >= 0.6 is 0 Å². The molecule has 3 nitrogen and oxygen atoms in total. The summed E-state index contributed by atoms with van der Waals surface area (Å²) in [7, 11) is 0. The highest BCUT2D eigenvalue weighted by Gasteiger charge is 2.46. The molecule has 1 N–H and O–H groups in total. The number of rotatable bonds is 5. The normalized spacial score (nSPS) is 26.1. The van der Waals surface area contributed by atoms with Crippen LogP contribution < -0.4 is 5.32 Å². The number of hydrogen-bond acceptors (Lipinski definition) is 2. The Labute approximate surface area is 103 Å². The molecule has 0 aromatic carbocycles. The van der Waals surface area contributed by atoms with E-state index in [9.17, 15) is 4.79 Å². The molecule has 1 amide bonds. The van der Waals surface area contributed by atoms with Gasteiger partial charge in [-0.15, -0.1) is 0 Å². The van der Waals surface area contributed by atoms with E-state index in [-0.39, 0.29) is 5.91 Å². The smallest absolute Gasteiger partial charge is 0.240 e. The van der Waals surface area contributed by atoms with Crippen LogP contribution in [0.25, 0.3) is 0 Å². The number of carbonyl (C=O) groups excluding carboxylic acids is 1. The predicted octanol–water partition coefficient (Wildman–Crippen LogP) is 2.23. The van der Waals surface area contributed by atoms with Gasteiger partial charge in [-0.2, -0.15) is 5.26 Å². The molecule has 0 aromatic heterocycles. The number of nitriles is 1. The first-order valence-electron chi connectivity index (χ1n) is 6.95. The van der Waals surface area contributed by atoms with Crippen molar-refractivity contribution >= 4 is 5.91 Å². The van der Waals surface area contributed by atoms with Gasteiger partial charge in [-0.05, 0) is 62.7 Å². The lowest BCUT2D eigenvalue weighted by Crippen LogP contribution is -2.46. The highest BCUT2D eigenvalue weighted by Crippen LogP contribution is 2.49. The van der Waals surface area contributed by atoms with Crippen LogP contribution in [0.3, 0.4) is 0 Å². The number of carbonyl (C=O) groups is 1. The molecule has 3 aliphatic carbocycles. The molecule has 0 atom stereocenters. The van der Waals surface area contributed by atoms with Crippen LogP contribution in [0.15, 0.2) is 0 Å². The molecular formula is C14H20N2O. The van der Waals surface area contributed by atoms with Crippen molar-refractivity contribution in [3.05, 3.63) is 0 Å². The van der Waals surface area contributed by atoms with Crippen molar-refractivity contribution in [2.24, 2.45) is 23.2 Å². The van der Waals surface area contributed by atoms with E-state index >= 15 is 0 Å². The lowest BCUT2D eigenvalue weighted by Gasteiger charge is -2.34. The first-order chi connectivity index (χ1) is 8.25. The molecular weight excluding hydrogens is 212 g/mol. The topological polar surface area (TPSA) is 52.9 Å². The first-order valence-corrected chi connectivity index (χ1v) is 6.95. The molecule has 3 saturated carbocycles. The Morgan fingerprint density at radius 1 is 1.29 bits per heavy atom. The van der Waals surface area contributed by atoms with E-state index in [1.165, 1.54) is 25.7 Å². The number of hydrogen-bond donors (Lipinski definition) is 1. The number of nitrogens with zero attached hydrogens (tertiary/aromatic N) is 1. The fourth-order valence-electron chi connectivity index (χ4n) is 3.07. The number of amides is 1. The Bertz CT molecular complexity index is 347.